The Morgan fingerprint density at radius 3 is 2.86 bits per heavy atom. The van der Waals surface area contributed by atoms with Gasteiger partial charge in [0, 0.05) is 18.2 Å². The van der Waals surface area contributed by atoms with Crippen molar-refractivity contribution in [3.8, 4) is 0 Å². The molecule has 0 saturated heterocycles. The van der Waals surface area contributed by atoms with E-state index in [1.54, 1.807) is 0 Å². The van der Waals surface area contributed by atoms with E-state index in [0.29, 0.717) is 6.54 Å². The Bertz CT molecular complexity index is 444. The molecule has 0 aliphatic carbocycles. The van der Waals surface area contributed by atoms with Crippen molar-refractivity contribution in [2.45, 2.75) is 19.3 Å². The van der Waals surface area contributed by atoms with E-state index in [0.717, 1.165) is 11.5 Å². The highest BCUT2D eigenvalue weighted by atomic mass is 15.3. The fraction of sp³-hybridized carbons (Fsp3) is 0.400. The maximum Gasteiger partial charge on any atom is 0.160 e. The number of nitrogens with two attached hydrogens (primary N) is 1. The molecule has 0 saturated carbocycles. The van der Waals surface area contributed by atoms with Gasteiger partial charge in [-0.25, -0.2) is 0 Å². The number of aromatic nitrogens is 3. The highest BCUT2D eigenvalue weighted by Crippen LogP contribution is 2.19. The van der Waals surface area contributed by atoms with Gasteiger partial charge in [0.15, 0.2) is 5.65 Å². The fourth-order valence-corrected chi connectivity index (χ4v) is 1.39. The van der Waals surface area contributed by atoms with Crippen LogP contribution in [-0.2, 0) is 5.41 Å². The van der Waals surface area contributed by atoms with Crippen LogP contribution in [0.4, 0.5) is 0 Å². The molecular weight excluding hydrogens is 176 g/mol. The van der Waals surface area contributed by atoms with E-state index in [-0.39, 0.29) is 5.41 Å². The summed E-state index contributed by atoms with van der Waals surface area (Å²) in [4.78, 5) is 0. The van der Waals surface area contributed by atoms with Gasteiger partial charge in [-0.1, -0.05) is 19.9 Å². The summed E-state index contributed by atoms with van der Waals surface area (Å²) in [6.45, 7) is 4.69. The number of rotatable bonds is 2. The molecule has 0 amide bonds. The standard InChI is InChI=1S/C10H14N4/c1-10(2,7-11)9-13-12-8-5-3-4-6-14(8)9/h3-6H,7,11H2,1-2H3. The third kappa shape index (κ3) is 1.28. The van der Waals surface area contributed by atoms with Crippen molar-refractivity contribution in [2.24, 2.45) is 5.73 Å². The van der Waals surface area contributed by atoms with Crippen LogP contribution in [0.5, 0.6) is 0 Å². The van der Waals surface area contributed by atoms with E-state index in [1.807, 2.05) is 28.8 Å². The Kier molecular flexibility index (Phi) is 2.00. The van der Waals surface area contributed by atoms with Gasteiger partial charge >= 0.3 is 0 Å². The Hall–Kier alpha value is -1.42. The molecule has 0 fully saturated rings. The minimum atomic E-state index is -0.138. The van der Waals surface area contributed by atoms with Gasteiger partial charge in [0.25, 0.3) is 0 Å². The molecule has 0 radical (unpaired) electrons. The molecule has 0 aromatic carbocycles. The van der Waals surface area contributed by atoms with Crippen molar-refractivity contribution in [1.29, 1.82) is 0 Å². The van der Waals surface area contributed by atoms with Gasteiger partial charge in [-0.15, -0.1) is 10.2 Å². The van der Waals surface area contributed by atoms with Crippen LogP contribution in [0, 0.1) is 0 Å². The topological polar surface area (TPSA) is 56.2 Å². The lowest BCUT2D eigenvalue weighted by Gasteiger charge is -2.19. The Morgan fingerprint density at radius 2 is 2.14 bits per heavy atom. The van der Waals surface area contributed by atoms with Gasteiger partial charge < -0.3 is 5.73 Å². The minimum absolute atomic E-state index is 0.138. The maximum absolute atomic E-state index is 5.71. The predicted octanol–water partition coefficient (Wildman–Crippen LogP) is 0.966. The maximum atomic E-state index is 5.71. The van der Waals surface area contributed by atoms with Crippen LogP contribution < -0.4 is 5.73 Å². The van der Waals surface area contributed by atoms with Crippen LogP contribution in [0.15, 0.2) is 24.4 Å². The van der Waals surface area contributed by atoms with E-state index >= 15 is 0 Å². The number of hydrogen-bond acceptors (Lipinski definition) is 3. The second kappa shape index (κ2) is 3.06. The molecule has 2 aromatic heterocycles. The Balaban J connectivity index is 2.64. The smallest absolute Gasteiger partial charge is 0.160 e. The van der Waals surface area contributed by atoms with Gasteiger partial charge in [-0.3, -0.25) is 4.40 Å². The van der Waals surface area contributed by atoms with Gasteiger partial charge in [0.05, 0.1) is 0 Å². The van der Waals surface area contributed by atoms with Crippen LogP contribution in [0.1, 0.15) is 19.7 Å². The molecule has 0 spiro atoms. The van der Waals surface area contributed by atoms with Gasteiger partial charge in [-0.05, 0) is 12.1 Å². The Morgan fingerprint density at radius 1 is 1.36 bits per heavy atom. The van der Waals surface area contributed by atoms with Crippen molar-refractivity contribution in [3.63, 3.8) is 0 Å². The third-order valence-corrected chi connectivity index (χ3v) is 2.43. The van der Waals surface area contributed by atoms with Gasteiger partial charge in [0.2, 0.25) is 0 Å². The fourth-order valence-electron chi connectivity index (χ4n) is 1.39. The quantitative estimate of drug-likeness (QED) is 0.767. The largest absolute Gasteiger partial charge is 0.329 e. The second-order valence-corrected chi connectivity index (χ2v) is 4.04. The van der Waals surface area contributed by atoms with Crippen LogP contribution >= 0.6 is 0 Å². The lowest BCUT2D eigenvalue weighted by Crippen LogP contribution is -2.30. The van der Waals surface area contributed by atoms with Crippen molar-refractivity contribution in [1.82, 2.24) is 14.6 Å². The molecule has 0 aliphatic rings. The average molecular weight is 190 g/mol. The Labute approximate surface area is 82.8 Å². The molecule has 0 unspecified atom stereocenters. The first-order valence-corrected chi connectivity index (χ1v) is 4.65. The van der Waals surface area contributed by atoms with Crippen LogP contribution in [-0.4, -0.2) is 21.1 Å². The molecule has 2 aromatic rings. The van der Waals surface area contributed by atoms with E-state index in [4.69, 9.17) is 5.73 Å². The van der Waals surface area contributed by atoms with Crippen LogP contribution in [0.3, 0.4) is 0 Å². The summed E-state index contributed by atoms with van der Waals surface area (Å²) < 4.78 is 1.98. The first-order valence-electron chi connectivity index (χ1n) is 4.65. The summed E-state index contributed by atoms with van der Waals surface area (Å²) in [5.74, 6) is 0.913. The number of fused-ring (bicyclic) bond motifs is 1. The third-order valence-electron chi connectivity index (χ3n) is 2.43. The summed E-state index contributed by atoms with van der Waals surface area (Å²) in [7, 11) is 0. The van der Waals surface area contributed by atoms with Crippen molar-refractivity contribution < 1.29 is 0 Å². The van der Waals surface area contributed by atoms with E-state index < -0.39 is 0 Å². The van der Waals surface area contributed by atoms with Crippen molar-refractivity contribution in [3.05, 3.63) is 30.2 Å². The molecule has 0 atom stereocenters. The molecule has 0 bridgehead atoms. The van der Waals surface area contributed by atoms with Crippen LogP contribution in [0.25, 0.3) is 5.65 Å². The average Bonchev–Trinajstić information content (AvgIpc) is 2.61. The summed E-state index contributed by atoms with van der Waals surface area (Å²) >= 11 is 0. The normalized spacial score (nSPS) is 12.2. The zero-order chi connectivity index (χ0) is 10.2. The zero-order valence-electron chi connectivity index (χ0n) is 8.44. The predicted molar refractivity (Wildman–Crippen MR) is 55.1 cm³/mol. The monoisotopic (exact) mass is 190 g/mol. The molecule has 2 heterocycles. The summed E-state index contributed by atoms with van der Waals surface area (Å²) in [6.07, 6.45) is 1.96. The van der Waals surface area contributed by atoms with E-state index in [2.05, 4.69) is 24.0 Å². The molecular formula is C10H14N4. The molecule has 4 heteroatoms. The number of pyridine rings is 1. The highest BCUT2D eigenvalue weighted by molar-refractivity contribution is 5.38. The highest BCUT2D eigenvalue weighted by Gasteiger charge is 2.24. The first-order chi connectivity index (χ1) is 6.65. The van der Waals surface area contributed by atoms with E-state index in [1.165, 1.54) is 0 Å². The lowest BCUT2D eigenvalue weighted by atomic mass is 9.93. The molecule has 74 valence electrons. The van der Waals surface area contributed by atoms with Crippen molar-refractivity contribution in [2.75, 3.05) is 6.54 Å². The molecule has 2 rings (SSSR count). The van der Waals surface area contributed by atoms with Crippen molar-refractivity contribution >= 4 is 5.65 Å². The molecule has 2 N–H and O–H groups in total. The lowest BCUT2D eigenvalue weighted by molar-refractivity contribution is 0.497. The number of hydrogen-bond donors (Lipinski definition) is 1. The van der Waals surface area contributed by atoms with E-state index in [9.17, 15) is 0 Å². The molecule has 14 heavy (non-hydrogen) atoms. The minimum Gasteiger partial charge on any atom is -0.329 e. The van der Waals surface area contributed by atoms with Crippen LogP contribution in [0.2, 0.25) is 0 Å². The van der Waals surface area contributed by atoms with Gasteiger partial charge in [-0.2, -0.15) is 0 Å². The number of nitrogens with zero attached hydrogens (tertiary/aromatic N) is 3. The first kappa shape index (κ1) is 9.15. The SMILES string of the molecule is CC(C)(CN)c1nnc2ccccn12. The van der Waals surface area contributed by atoms with Gasteiger partial charge in [0.1, 0.15) is 5.82 Å². The summed E-state index contributed by atoms with van der Waals surface area (Å²) in [5.41, 5.74) is 6.43. The molecule has 0 aliphatic heterocycles. The summed E-state index contributed by atoms with van der Waals surface area (Å²) in [5, 5.41) is 8.26. The molecule has 4 nitrogen and oxygen atoms in total. The second-order valence-electron chi connectivity index (χ2n) is 4.04. The summed E-state index contributed by atoms with van der Waals surface area (Å²) in [6, 6.07) is 5.85. The zero-order valence-corrected chi connectivity index (χ0v) is 8.44.